The number of nitrogens with one attached hydrogen (secondary N) is 1. The minimum Gasteiger partial charge on any atom is -0.508 e. The van der Waals surface area contributed by atoms with Gasteiger partial charge in [-0.3, -0.25) is 0 Å². The van der Waals surface area contributed by atoms with Crippen LogP contribution in [0.2, 0.25) is 0 Å². The molecule has 0 saturated carbocycles. The van der Waals surface area contributed by atoms with E-state index < -0.39 is 0 Å². The average Bonchev–Trinajstić information content (AvgIpc) is 2.63. The van der Waals surface area contributed by atoms with E-state index in [-0.39, 0.29) is 11.8 Å². The van der Waals surface area contributed by atoms with Crippen molar-refractivity contribution in [2.24, 2.45) is 0 Å². The molecule has 2 aromatic carbocycles. The SMILES string of the molecule is CCOc1cc2c(cc1OCC)[C@@H](c1cc(OC)ccc1O)NCC2. The van der Waals surface area contributed by atoms with Gasteiger partial charge in [0.25, 0.3) is 0 Å². The summed E-state index contributed by atoms with van der Waals surface area (Å²) in [4.78, 5) is 0. The summed E-state index contributed by atoms with van der Waals surface area (Å²) in [5.41, 5.74) is 3.10. The number of rotatable bonds is 6. The normalized spacial score (nSPS) is 16.2. The zero-order valence-corrected chi connectivity index (χ0v) is 15.0. The predicted octanol–water partition coefficient (Wildman–Crippen LogP) is 3.43. The lowest BCUT2D eigenvalue weighted by molar-refractivity contribution is 0.286. The first-order valence-electron chi connectivity index (χ1n) is 8.70. The van der Waals surface area contributed by atoms with Crippen molar-refractivity contribution in [1.82, 2.24) is 5.32 Å². The highest BCUT2D eigenvalue weighted by Gasteiger charge is 2.26. The highest BCUT2D eigenvalue weighted by Crippen LogP contribution is 2.40. The minimum atomic E-state index is -0.117. The van der Waals surface area contributed by atoms with Crippen LogP contribution in [0.4, 0.5) is 0 Å². The van der Waals surface area contributed by atoms with Crippen LogP contribution in [0.25, 0.3) is 0 Å². The molecule has 1 atom stereocenters. The van der Waals surface area contributed by atoms with Crippen molar-refractivity contribution < 1.29 is 19.3 Å². The molecule has 1 heterocycles. The van der Waals surface area contributed by atoms with Gasteiger partial charge in [0.2, 0.25) is 0 Å². The third-order valence-corrected chi connectivity index (χ3v) is 4.40. The molecule has 25 heavy (non-hydrogen) atoms. The van der Waals surface area contributed by atoms with Crippen molar-refractivity contribution >= 4 is 0 Å². The monoisotopic (exact) mass is 343 g/mol. The van der Waals surface area contributed by atoms with E-state index in [9.17, 15) is 5.11 Å². The van der Waals surface area contributed by atoms with Crippen LogP contribution in [-0.4, -0.2) is 32.0 Å². The average molecular weight is 343 g/mol. The zero-order chi connectivity index (χ0) is 17.8. The first-order chi connectivity index (χ1) is 12.2. The Hall–Kier alpha value is -2.40. The van der Waals surface area contributed by atoms with Gasteiger partial charge in [0.1, 0.15) is 11.5 Å². The maximum Gasteiger partial charge on any atom is 0.161 e. The molecule has 0 fully saturated rings. The summed E-state index contributed by atoms with van der Waals surface area (Å²) >= 11 is 0. The van der Waals surface area contributed by atoms with Crippen molar-refractivity contribution in [3.05, 3.63) is 47.0 Å². The maximum atomic E-state index is 10.4. The zero-order valence-electron chi connectivity index (χ0n) is 15.0. The molecular formula is C20H25NO4. The Labute approximate surface area is 148 Å². The van der Waals surface area contributed by atoms with Crippen LogP contribution in [0.1, 0.15) is 36.6 Å². The predicted molar refractivity (Wildman–Crippen MR) is 97.0 cm³/mol. The fourth-order valence-corrected chi connectivity index (χ4v) is 3.27. The van der Waals surface area contributed by atoms with Crippen LogP contribution in [0.3, 0.4) is 0 Å². The summed E-state index contributed by atoms with van der Waals surface area (Å²) in [6.07, 6.45) is 0.906. The Bertz CT molecular complexity index is 745. The van der Waals surface area contributed by atoms with E-state index >= 15 is 0 Å². The number of methoxy groups -OCH3 is 1. The van der Waals surface area contributed by atoms with Gasteiger partial charge in [-0.1, -0.05) is 0 Å². The highest BCUT2D eigenvalue weighted by atomic mass is 16.5. The lowest BCUT2D eigenvalue weighted by atomic mass is 9.89. The summed E-state index contributed by atoms with van der Waals surface area (Å²) in [7, 11) is 1.62. The molecule has 0 radical (unpaired) electrons. The Morgan fingerprint density at radius 2 is 1.76 bits per heavy atom. The maximum absolute atomic E-state index is 10.4. The fourth-order valence-electron chi connectivity index (χ4n) is 3.27. The summed E-state index contributed by atoms with van der Waals surface area (Å²) in [5, 5.41) is 13.9. The molecule has 5 nitrogen and oxygen atoms in total. The number of hydrogen-bond donors (Lipinski definition) is 2. The molecule has 134 valence electrons. The largest absolute Gasteiger partial charge is 0.508 e. The molecule has 1 aliphatic rings. The van der Waals surface area contributed by atoms with Crippen LogP contribution in [0.15, 0.2) is 30.3 Å². The number of hydrogen-bond acceptors (Lipinski definition) is 5. The number of phenolic OH excluding ortho intramolecular Hbond substituents is 1. The second-order valence-corrected chi connectivity index (χ2v) is 5.93. The minimum absolute atomic E-state index is 0.117. The van der Waals surface area contributed by atoms with Crippen molar-refractivity contribution in [2.75, 3.05) is 26.9 Å². The second kappa shape index (κ2) is 7.66. The van der Waals surface area contributed by atoms with Gasteiger partial charge in [0.05, 0.1) is 26.4 Å². The molecule has 0 saturated heterocycles. The lowest BCUT2D eigenvalue weighted by Crippen LogP contribution is -2.30. The van der Waals surface area contributed by atoms with E-state index in [2.05, 4.69) is 11.4 Å². The summed E-state index contributed by atoms with van der Waals surface area (Å²) in [5.74, 6) is 2.48. The van der Waals surface area contributed by atoms with Crippen LogP contribution in [-0.2, 0) is 6.42 Å². The first-order valence-corrected chi connectivity index (χ1v) is 8.70. The van der Waals surface area contributed by atoms with Crippen LogP contribution >= 0.6 is 0 Å². The van der Waals surface area contributed by atoms with E-state index in [1.165, 1.54) is 5.56 Å². The standard InChI is InChI=1S/C20H25NO4/c1-4-24-18-10-13-8-9-21-20(15(13)12-19(18)25-5-2)16-11-14(23-3)6-7-17(16)22/h6-7,10-12,20-22H,4-5,8-9H2,1-3H3/t20-/m0/s1. The van der Waals surface area contributed by atoms with Crippen molar-refractivity contribution in [3.63, 3.8) is 0 Å². The Balaban J connectivity index is 2.08. The number of fused-ring (bicyclic) bond motifs is 1. The van der Waals surface area contributed by atoms with Gasteiger partial charge in [-0.15, -0.1) is 0 Å². The van der Waals surface area contributed by atoms with Crippen LogP contribution in [0, 0.1) is 0 Å². The van der Waals surface area contributed by atoms with E-state index in [0.717, 1.165) is 41.3 Å². The Kier molecular flexibility index (Phi) is 5.34. The first kappa shape index (κ1) is 17.4. The number of ether oxygens (including phenoxy) is 3. The molecule has 0 spiro atoms. The molecule has 2 aromatic rings. The lowest BCUT2D eigenvalue weighted by Gasteiger charge is -2.29. The van der Waals surface area contributed by atoms with E-state index in [1.54, 1.807) is 19.2 Å². The van der Waals surface area contributed by atoms with Crippen LogP contribution in [0.5, 0.6) is 23.0 Å². The Morgan fingerprint density at radius 1 is 1.04 bits per heavy atom. The van der Waals surface area contributed by atoms with E-state index in [1.807, 2.05) is 26.0 Å². The third-order valence-electron chi connectivity index (χ3n) is 4.40. The fraction of sp³-hybridized carbons (Fsp3) is 0.400. The molecule has 3 rings (SSSR count). The smallest absolute Gasteiger partial charge is 0.161 e. The third kappa shape index (κ3) is 3.51. The molecule has 0 amide bonds. The van der Waals surface area contributed by atoms with Crippen molar-refractivity contribution in [1.29, 1.82) is 0 Å². The highest BCUT2D eigenvalue weighted by molar-refractivity contribution is 5.54. The summed E-state index contributed by atoms with van der Waals surface area (Å²) in [6, 6.07) is 9.27. The number of benzene rings is 2. The summed E-state index contributed by atoms with van der Waals surface area (Å²) in [6.45, 7) is 5.92. The van der Waals surface area contributed by atoms with Crippen LogP contribution < -0.4 is 19.5 Å². The van der Waals surface area contributed by atoms with E-state index in [4.69, 9.17) is 14.2 Å². The van der Waals surface area contributed by atoms with Crippen molar-refractivity contribution in [3.8, 4) is 23.0 Å². The topological polar surface area (TPSA) is 60.0 Å². The molecule has 2 N–H and O–H groups in total. The number of phenols is 1. The molecular weight excluding hydrogens is 318 g/mol. The van der Waals surface area contributed by atoms with Gasteiger partial charge in [0, 0.05) is 12.1 Å². The summed E-state index contributed by atoms with van der Waals surface area (Å²) < 4.78 is 16.8. The molecule has 0 aliphatic carbocycles. The number of aromatic hydroxyl groups is 1. The molecule has 0 aromatic heterocycles. The van der Waals surface area contributed by atoms with E-state index in [0.29, 0.717) is 13.2 Å². The molecule has 5 heteroatoms. The Morgan fingerprint density at radius 3 is 2.44 bits per heavy atom. The van der Waals surface area contributed by atoms with Gasteiger partial charge in [-0.2, -0.15) is 0 Å². The van der Waals surface area contributed by atoms with Crippen molar-refractivity contribution in [2.45, 2.75) is 26.3 Å². The van der Waals surface area contributed by atoms with Gasteiger partial charge in [0.15, 0.2) is 11.5 Å². The van der Waals surface area contributed by atoms with Gasteiger partial charge < -0.3 is 24.6 Å². The molecule has 0 bridgehead atoms. The van der Waals surface area contributed by atoms with Gasteiger partial charge in [-0.25, -0.2) is 0 Å². The van der Waals surface area contributed by atoms with Gasteiger partial charge >= 0.3 is 0 Å². The quantitative estimate of drug-likeness (QED) is 0.841. The molecule has 0 unspecified atom stereocenters. The second-order valence-electron chi connectivity index (χ2n) is 5.93. The van der Waals surface area contributed by atoms with Gasteiger partial charge in [-0.05, 0) is 61.7 Å². The molecule has 1 aliphatic heterocycles.